The van der Waals surface area contributed by atoms with Crippen molar-refractivity contribution in [1.29, 1.82) is 0 Å². The van der Waals surface area contributed by atoms with Crippen molar-refractivity contribution < 1.29 is 13.9 Å². The van der Waals surface area contributed by atoms with Crippen molar-refractivity contribution in [3.8, 4) is 5.75 Å². The number of halogens is 1. The lowest BCUT2D eigenvalue weighted by Gasteiger charge is -2.09. The molecule has 1 amide bonds. The predicted octanol–water partition coefficient (Wildman–Crippen LogP) is 5.27. The molecule has 0 radical (unpaired) electrons. The van der Waals surface area contributed by atoms with E-state index in [1.165, 1.54) is 28.8 Å². The van der Waals surface area contributed by atoms with Crippen LogP contribution in [0.25, 0.3) is 0 Å². The maximum absolute atomic E-state index is 12.9. The second-order valence-corrected chi connectivity index (χ2v) is 7.25. The lowest BCUT2D eigenvalue weighted by atomic mass is 10.0. The fourth-order valence-electron chi connectivity index (χ4n) is 2.96. The SMILES string of the molecule is Cc1ccc(CCC(=O)NCc2ccc(OCc3ccc(F)cc3)cc2)cc1C. The normalized spacial score (nSPS) is 10.6. The van der Waals surface area contributed by atoms with Crippen molar-refractivity contribution in [1.82, 2.24) is 5.32 Å². The zero-order chi connectivity index (χ0) is 20.6. The average Bonchev–Trinajstić information content (AvgIpc) is 2.73. The third-order valence-electron chi connectivity index (χ3n) is 4.94. The molecule has 0 bridgehead atoms. The van der Waals surface area contributed by atoms with Gasteiger partial charge in [-0.25, -0.2) is 4.39 Å². The second-order valence-electron chi connectivity index (χ2n) is 7.25. The number of aryl methyl sites for hydroxylation is 3. The van der Waals surface area contributed by atoms with Crippen LogP contribution in [-0.2, 0) is 24.4 Å². The number of hydrogen-bond acceptors (Lipinski definition) is 2. The molecular formula is C25H26FNO2. The van der Waals surface area contributed by atoms with Crippen LogP contribution >= 0.6 is 0 Å². The number of ether oxygens (including phenoxy) is 1. The van der Waals surface area contributed by atoms with Crippen LogP contribution in [0.4, 0.5) is 4.39 Å². The minimum absolute atomic E-state index is 0.0415. The van der Waals surface area contributed by atoms with Crippen LogP contribution in [0, 0.1) is 19.7 Å². The number of carbonyl (C=O) groups excluding carboxylic acids is 1. The van der Waals surface area contributed by atoms with Crippen LogP contribution in [0.3, 0.4) is 0 Å². The van der Waals surface area contributed by atoms with Crippen molar-refractivity contribution in [2.75, 3.05) is 0 Å². The van der Waals surface area contributed by atoms with Gasteiger partial charge in [-0.05, 0) is 72.4 Å². The first-order chi connectivity index (χ1) is 14.0. The van der Waals surface area contributed by atoms with E-state index in [1.807, 2.05) is 24.3 Å². The third-order valence-corrected chi connectivity index (χ3v) is 4.94. The lowest BCUT2D eigenvalue weighted by molar-refractivity contribution is -0.121. The van der Waals surface area contributed by atoms with E-state index in [2.05, 4.69) is 37.4 Å². The largest absolute Gasteiger partial charge is 0.489 e. The van der Waals surface area contributed by atoms with Gasteiger partial charge in [0.15, 0.2) is 0 Å². The van der Waals surface area contributed by atoms with Crippen LogP contribution in [-0.4, -0.2) is 5.91 Å². The summed E-state index contributed by atoms with van der Waals surface area (Å²) in [6.45, 7) is 5.05. The highest BCUT2D eigenvalue weighted by Gasteiger charge is 2.04. The summed E-state index contributed by atoms with van der Waals surface area (Å²) in [6, 6.07) is 20.2. The molecular weight excluding hydrogens is 365 g/mol. The van der Waals surface area contributed by atoms with E-state index < -0.39 is 0 Å². The van der Waals surface area contributed by atoms with Gasteiger partial charge in [-0.15, -0.1) is 0 Å². The standard InChI is InChI=1S/C25H26FNO2/c1-18-3-4-20(15-19(18)2)9-14-25(28)27-16-21-7-12-24(13-8-21)29-17-22-5-10-23(26)11-6-22/h3-8,10-13,15H,9,14,16-17H2,1-2H3,(H,27,28). The summed E-state index contributed by atoms with van der Waals surface area (Å²) >= 11 is 0. The van der Waals surface area contributed by atoms with E-state index in [0.717, 1.165) is 23.3 Å². The topological polar surface area (TPSA) is 38.3 Å². The monoisotopic (exact) mass is 391 g/mol. The summed E-state index contributed by atoms with van der Waals surface area (Å²) in [5, 5.41) is 2.96. The minimum Gasteiger partial charge on any atom is -0.489 e. The molecule has 0 spiro atoms. The van der Waals surface area contributed by atoms with E-state index in [0.29, 0.717) is 19.6 Å². The van der Waals surface area contributed by atoms with Gasteiger partial charge in [-0.1, -0.05) is 42.5 Å². The Morgan fingerprint density at radius 3 is 2.21 bits per heavy atom. The molecule has 1 N–H and O–H groups in total. The maximum atomic E-state index is 12.9. The molecule has 0 atom stereocenters. The molecule has 0 aliphatic rings. The summed E-state index contributed by atoms with van der Waals surface area (Å²) in [6.07, 6.45) is 1.21. The van der Waals surface area contributed by atoms with Gasteiger partial charge in [0.1, 0.15) is 18.2 Å². The minimum atomic E-state index is -0.255. The van der Waals surface area contributed by atoms with Crippen LogP contribution in [0.15, 0.2) is 66.7 Å². The molecule has 29 heavy (non-hydrogen) atoms. The number of rotatable bonds is 8. The van der Waals surface area contributed by atoms with E-state index in [-0.39, 0.29) is 11.7 Å². The van der Waals surface area contributed by atoms with Crippen LogP contribution in [0.2, 0.25) is 0 Å². The number of nitrogens with one attached hydrogen (secondary N) is 1. The fraction of sp³-hybridized carbons (Fsp3) is 0.240. The predicted molar refractivity (Wildman–Crippen MR) is 113 cm³/mol. The first-order valence-corrected chi connectivity index (χ1v) is 9.78. The Kier molecular flexibility index (Phi) is 7.01. The number of benzene rings is 3. The summed E-state index contributed by atoms with van der Waals surface area (Å²) < 4.78 is 18.6. The Labute approximate surface area is 171 Å². The third kappa shape index (κ3) is 6.46. The molecule has 4 heteroatoms. The quantitative estimate of drug-likeness (QED) is 0.568. The van der Waals surface area contributed by atoms with Gasteiger partial charge in [-0.2, -0.15) is 0 Å². The Bertz CT molecular complexity index is 950. The molecule has 0 aliphatic carbocycles. The van der Waals surface area contributed by atoms with Crippen molar-refractivity contribution >= 4 is 5.91 Å². The van der Waals surface area contributed by atoms with Crippen molar-refractivity contribution in [2.24, 2.45) is 0 Å². The Morgan fingerprint density at radius 2 is 1.52 bits per heavy atom. The Morgan fingerprint density at radius 1 is 0.862 bits per heavy atom. The van der Waals surface area contributed by atoms with Gasteiger partial charge in [0.25, 0.3) is 0 Å². The van der Waals surface area contributed by atoms with E-state index >= 15 is 0 Å². The summed E-state index contributed by atoms with van der Waals surface area (Å²) in [4.78, 5) is 12.1. The highest BCUT2D eigenvalue weighted by Crippen LogP contribution is 2.15. The van der Waals surface area contributed by atoms with Crippen molar-refractivity contribution in [2.45, 2.75) is 39.8 Å². The molecule has 0 aromatic heterocycles. The Balaban J connectivity index is 1.41. The highest BCUT2D eigenvalue weighted by atomic mass is 19.1. The smallest absolute Gasteiger partial charge is 0.220 e. The molecule has 0 aliphatic heterocycles. The van der Waals surface area contributed by atoms with E-state index in [1.54, 1.807) is 12.1 Å². The van der Waals surface area contributed by atoms with Gasteiger partial charge >= 0.3 is 0 Å². The van der Waals surface area contributed by atoms with Gasteiger partial charge in [0.05, 0.1) is 0 Å². The lowest BCUT2D eigenvalue weighted by Crippen LogP contribution is -2.22. The molecule has 0 unspecified atom stereocenters. The zero-order valence-electron chi connectivity index (χ0n) is 16.9. The second kappa shape index (κ2) is 9.87. The molecule has 0 heterocycles. The van der Waals surface area contributed by atoms with Crippen LogP contribution < -0.4 is 10.1 Å². The molecule has 3 aromatic carbocycles. The summed E-state index contributed by atoms with van der Waals surface area (Å²) in [5.74, 6) is 0.521. The molecule has 3 aromatic rings. The van der Waals surface area contributed by atoms with Gasteiger partial charge in [0.2, 0.25) is 5.91 Å². The molecule has 3 nitrogen and oxygen atoms in total. The van der Waals surface area contributed by atoms with Gasteiger partial charge in [-0.3, -0.25) is 4.79 Å². The van der Waals surface area contributed by atoms with Crippen LogP contribution in [0.5, 0.6) is 5.75 Å². The zero-order valence-corrected chi connectivity index (χ0v) is 16.9. The highest BCUT2D eigenvalue weighted by molar-refractivity contribution is 5.76. The summed E-state index contributed by atoms with van der Waals surface area (Å²) in [5.41, 5.74) is 5.63. The first-order valence-electron chi connectivity index (χ1n) is 9.78. The average molecular weight is 391 g/mol. The van der Waals surface area contributed by atoms with Gasteiger partial charge in [0, 0.05) is 13.0 Å². The van der Waals surface area contributed by atoms with Crippen LogP contribution in [0.1, 0.15) is 34.2 Å². The molecule has 0 saturated heterocycles. The Hall–Kier alpha value is -3.14. The van der Waals surface area contributed by atoms with Gasteiger partial charge < -0.3 is 10.1 Å². The van der Waals surface area contributed by atoms with E-state index in [9.17, 15) is 9.18 Å². The van der Waals surface area contributed by atoms with Crippen molar-refractivity contribution in [3.63, 3.8) is 0 Å². The fourth-order valence-corrected chi connectivity index (χ4v) is 2.96. The summed E-state index contributed by atoms with van der Waals surface area (Å²) in [7, 11) is 0. The molecule has 150 valence electrons. The maximum Gasteiger partial charge on any atom is 0.220 e. The molecule has 0 saturated carbocycles. The number of amides is 1. The first kappa shape index (κ1) is 20.6. The number of carbonyl (C=O) groups is 1. The van der Waals surface area contributed by atoms with Crippen molar-refractivity contribution in [3.05, 3.63) is 100 Å². The molecule has 3 rings (SSSR count). The number of hydrogen-bond donors (Lipinski definition) is 1. The molecule has 0 fully saturated rings. The van der Waals surface area contributed by atoms with E-state index in [4.69, 9.17) is 4.74 Å².